The first-order chi connectivity index (χ1) is 9.04. The highest BCUT2D eigenvalue weighted by Gasteiger charge is 2.21. The Kier molecular flexibility index (Phi) is 3.90. The number of carboxylic acids is 1. The number of carboxylic acid groups (broad SMARTS) is 1. The lowest BCUT2D eigenvalue weighted by atomic mass is 10.1. The van der Waals surface area contributed by atoms with Gasteiger partial charge in [-0.3, -0.25) is 0 Å². The van der Waals surface area contributed by atoms with Crippen LogP contribution in [0, 0.1) is 6.92 Å². The number of rotatable bonds is 4. The molecule has 1 N–H and O–H groups in total. The van der Waals surface area contributed by atoms with Crippen molar-refractivity contribution in [2.45, 2.75) is 13.8 Å². The van der Waals surface area contributed by atoms with Gasteiger partial charge in [0, 0.05) is 5.56 Å². The number of hydrogen-bond donors (Lipinski definition) is 1. The minimum atomic E-state index is -1.06. The second kappa shape index (κ2) is 5.44. The number of aryl methyl sites for hydroxylation is 1. The summed E-state index contributed by atoms with van der Waals surface area (Å²) >= 11 is 3.38. The van der Waals surface area contributed by atoms with Gasteiger partial charge in [-0.25, -0.2) is 4.79 Å². The van der Waals surface area contributed by atoms with Crippen molar-refractivity contribution in [2.24, 2.45) is 0 Å². The first kappa shape index (κ1) is 13.6. The Morgan fingerprint density at radius 1 is 1.53 bits per heavy atom. The van der Waals surface area contributed by atoms with Crippen LogP contribution in [0.2, 0.25) is 0 Å². The Bertz CT molecular complexity index is 621. The summed E-state index contributed by atoms with van der Waals surface area (Å²) in [6.45, 7) is 4.02. The molecule has 0 unspecified atom stereocenters. The summed E-state index contributed by atoms with van der Waals surface area (Å²) in [4.78, 5) is 11.2. The molecule has 0 amide bonds. The number of ether oxygens (including phenoxy) is 1. The fourth-order valence-corrected chi connectivity index (χ4v) is 2.24. The molecule has 0 radical (unpaired) electrons. The standard InChI is InChI=1S/C13H12BrNO4/c1-3-18-10-5-4-8(6-9(10)14)12-11(13(16)17)7(2)19-15-12/h4-6H,3H2,1-2H3,(H,16,17). The third kappa shape index (κ3) is 2.63. The summed E-state index contributed by atoms with van der Waals surface area (Å²) < 4.78 is 11.1. The van der Waals surface area contributed by atoms with Gasteiger partial charge >= 0.3 is 5.97 Å². The predicted octanol–water partition coefficient (Wildman–Crippen LogP) is 3.51. The summed E-state index contributed by atoms with van der Waals surface area (Å²) in [6, 6.07) is 5.27. The second-order valence-corrected chi connectivity index (χ2v) is 4.70. The van der Waals surface area contributed by atoms with E-state index in [1.165, 1.54) is 0 Å². The van der Waals surface area contributed by atoms with Crippen molar-refractivity contribution in [3.8, 4) is 17.0 Å². The average molecular weight is 326 g/mol. The molecule has 0 fully saturated rings. The number of benzene rings is 1. The van der Waals surface area contributed by atoms with Crippen LogP contribution in [0.5, 0.6) is 5.75 Å². The molecule has 6 heteroatoms. The van der Waals surface area contributed by atoms with Crippen molar-refractivity contribution >= 4 is 21.9 Å². The molecule has 1 aromatic carbocycles. The van der Waals surface area contributed by atoms with Crippen molar-refractivity contribution in [3.63, 3.8) is 0 Å². The quantitative estimate of drug-likeness (QED) is 0.931. The molecule has 100 valence electrons. The van der Waals surface area contributed by atoms with Crippen molar-refractivity contribution in [3.05, 3.63) is 34.0 Å². The Morgan fingerprint density at radius 2 is 2.26 bits per heavy atom. The lowest BCUT2D eigenvalue weighted by Gasteiger charge is -2.07. The molecule has 19 heavy (non-hydrogen) atoms. The van der Waals surface area contributed by atoms with Crippen LogP contribution < -0.4 is 4.74 Å². The van der Waals surface area contributed by atoms with Gasteiger partial charge in [-0.1, -0.05) is 5.16 Å². The Hall–Kier alpha value is -1.82. The summed E-state index contributed by atoms with van der Waals surface area (Å²) in [6.07, 6.45) is 0. The van der Waals surface area contributed by atoms with Crippen LogP contribution in [-0.2, 0) is 0 Å². The lowest BCUT2D eigenvalue weighted by Crippen LogP contribution is -1.99. The fourth-order valence-electron chi connectivity index (χ4n) is 1.74. The van der Waals surface area contributed by atoms with Crippen LogP contribution in [0.3, 0.4) is 0 Å². The van der Waals surface area contributed by atoms with Gasteiger partial charge in [0.1, 0.15) is 22.8 Å². The first-order valence-electron chi connectivity index (χ1n) is 5.66. The molecule has 0 atom stereocenters. The molecule has 1 heterocycles. The van der Waals surface area contributed by atoms with E-state index in [-0.39, 0.29) is 11.3 Å². The first-order valence-corrected chi connectivity index (χ1v) is 6.46. The minimum Gasteiger partial charge on any atom is -0.493 e. The number of halogens is 1. The number of aromatic carboxylic acids is 1. The summed E-state index contributed by atoms with van der Waals surface area (Å²) in [5, 5.41) is 13.0. The Balaban J connectivity index is 2.48. The van der Waals surface area contributed by atoms with Crippen LogP contribution in [-0.4, -0.2) is 22.8 Å². The molecule has 0 spiro atoms. The second-order valence-electron chi connectivity index (χ2n) is 3.85. The molecule has 2 rings (SSSR count). The van der Waals surface area contributed by atoms with E-state index in [4.69, 9.17) is 14.4 Å². The SMILES string of the molecule is CCOc1ccc(-c2noc(C)c2C(=O)O)cc1Br. The smallest absolute Gasteiger partial charge is 0.341 e. The van der Waals surface area contributed by atoms with Gasteiger partial charge in [0.05, 0.1) is 11.1 Å². The highest BCUT2D eigenvalue weighted by Crippen LogP contribution is 2.32. The maximum atomic E-state index is 11.2. The molecule has 1 aromatic heterocycles. The van der Waals surface area contributed by atoms with Gasteiger partial charge in [-0.15, -0.1) is 0 Å². The topological polar surface area (TPSA) is 72.6 Å². The molecule has 0 saturated heterocycles. The normalized spacial score (nSPS) is 10.5. The van der Waals surface area contributed by atoms with Crippen LogP contribution >= 0.6 is 15.9 Å². The van der Waals surface area contributed by atoms with Crippen molar-refractivity contribution in [1.29, 1.82) is 0 Å². The van der Waals surface area contributed by atoms with Crippen LogP contribution in [0.1, 0.15) is 23.0 Å². The van der Waals surface area contributed by atoms with E-state index in [2.05, 4.69) is 21.1 Å². The number of aromatic nitrogens is 1. The third-order valence-corrected chi connectivity index (χ3v) is 3.20. The highest BCUT2D eigenvalue weighted by atomic mass is 79.9. The zero-order valence-electron chi connectivity index (χ0n) is 10.4. The minimum absolute atomic E-state index is 0.0797. The van der Waals surface area contributed by atoms with Crippen LogP contribution in [0.15, 0.2) is 27.2 Å². The average Bonchev–Trinajstić information content (AvgIpc) is 2.74. The molecular formula is C13H12BrNO4. The maximum absolute atomic E-state index is 11.2. The molecular weight excluding hydrogens is 314 g/mol. The van der Waals surface area contributed by atoms with Gasteiger partial charge in [0.2, 0.25) is 0 Å². The number of hydrogen-bond acceptors (Lipinski definition) is 4. The zero-order chi connectivity index (χ0) is 14.0. The molecule has 0 aliphatic heterocycles. The van der Waals surface area contributed by atoms with Crippen molar-refractivity contribution < 1.29 is 19.2 Å². The fraction of sp³-hybridized carbons (Fsp3) is 0.231. The molecule has 0 aliphatic rings. The molecule has 0 bridgehead atoms. The zero-order valence-corrected chi connectivity index (χ0v) is 12.0. The van der Waals surface area contributed by atoms with Crippen LogP contribution in [0.25, 0.3) is 11.3 Å². The molecule has 0 aliphatic carbocycles. The maximum Gasteiger partial charge on any atom is 0.341 e. The summed E-state index contributed by atoms with van der Waals surface area (Å²) in [5.74, 6) is -0.0744. The van der Waals surface area contributed by atoms with Crippen molar-refractivity contribution in [2.75, 3.05) is 6.61 Å². The Labute approximate surface area is 118 Å². The largest absolute Gasteiger partial charge is 0.493 e. The number of carbonyl (C=O) groups is 1. The van der Waals surface area contributed by atoms with E-state index in [1.54, 1.807) is 25.1 Å². The Morgan fingerprint density at radius 3 is 2.84 bits per heavy atom. The van der Waals surface area contributed by atoms with E-state index in [9.17, 15) is 4.79 Å². The monoisotopic (exact) mass is 325 g/mol. The van der Waals surface area contributed by atoms with E-state index < -0.39 is 5.97 Å². The van der Waals surface area contributed by atoms with E-state index in [0.29, 0.717) is 23.6 Å². The summed E-state index contributed by atoms with van der Waals surface area (Å²) in [5.41, 5.74) is 1.05. The molecule has 5 nitrogen and oxygen atoms in total. The molecule has 2 aromatic rings. The predicted molar refractivity (Wildman–Crippen MR) is 72.5 cm³/mol. The van der Waals surface area contributed by atoms with Gasteiger partial charge < -0.3 is 14.4 Å². The lowest BCUT2D eigenvalue weighted by molar-refractivity contribution is 0.0696. The van der Waals surface area contributed by atoms with Gasteiger partial charge in [-0.2, -0.15) is 0 Å². The number of nitrogens with zero attached hydrogens (tertiary/aromatic N) is 1. The summed E-state index contributed by atoms with van der Waals surface area (Å²) in [7, 11) is 0. The van der Waals surface area contributed by atoms with Gasteiger partial charge in [-0.05, 0) is 48.0 Å². The van der Waals surface area contributed by atoms with Crippen molar-refractivity contribution in [1.82, 2.24) is 5.16 Å². The molecule has 0 saturated carbocycles. The highest BCUT2D eigenvalue weighted by molar-refractivity contribution is 9.10. The third-order valence-electron chi connectivity index (χ3n) is 2.58. The van der Waals surface area contributed by atoms with E-state index >= 15 is 0 Å². The van der Waals surface area contributed by atoms with Crippen LogP contribution in [0.4, 0.5) is 0 Å². The van der Waals surface area contributed by atoms with Gasteiger partial charge in [0.25, 0.3) is 0 Å². The van der Waals surface area contributed by atoms with Gasteiger partial charge in [0.15, 0.2) is 0 Å². The van der Waals surface area contributed by atoms with E-state index in [1.807, 2.05) is 6.92 Å². The van der Waals surface area contributed by atoms with E-state index in [0.717, 1.165) is 4.47 Å².